The Balaban J connectivity index is 1.89. The monoisotopic (exact) mass is 572 g/mol. The summed E-state index contributed by atoms with van der Waals surface area (Å²) in [7, 11) is -3.05. The van der Waals surface area contributed by atoms with Gasteiger partial charge in [0.05, 0.1) is 6.61 Å². The highest BCUT2D eigenvalue weighted by Gasteiger charge is 2.56. The zero-order valence-electron chi connectivity index (χ0n) is 24.7. The highest BCUT2D eigenvalue weighted by atomic mass is 28.4. The van der Waals surface area contributed by atoms with Crippen molar-refractivity contribution < 1.29 is 28.5 Å². The minimum atomic E-state index is -3.05. The van der Waals surface area contributed by atoms with Crippen LogP contribution in [0.1, 0.15) is 53.2 Å². The highest BCUT2D eigenvalue weighted by Crippen LogP contribution is 2.44. The zero-order valence-corrected chi connectivity index (χ0v) is 25.7. The maximum absolute atomic E-state index is 11.9. The average molecular weight is 573 g/mol. The second-order valence-corrected chi connectivity index (χ2v) is 15.9. The Bertz CT molecular complexity index is 1300. The summed E-state index contributed by atoms with van der Waals surface area (Å²) in [5, 5.41) is 13.2. The van der Waals surface area contributed by atoms with E-state index in [0.717, 1.165) is 15.9 Å². The Kier molecular flexibility index (Phi) is 9.53. The fraction of sp³-hybridized carbons (Fsp3) is 0.382. The van der Waals surface area contributed by atoms with Crippen LogP contribution >= 0.6 is 0 Å². The molecule has 1 N–H and O–H groups in total. The molecule has 1 aliphatic heterocycles. The van der Waals surface area contributed by atoms with Crippen LogP contribution in [0, 0.1) is 11.8 Å². The van der Waals surface area contributed by atoms with E-state index < -0.39 is 44.5 Å². The second kappa shape index (κ2) is 12.7. The van der Waals surface area contributed by atoms with Gasteiger partial charge in [0.2, 0.25) is 0 Å². The summed E-state index contributed by atoms with van der Waals surface area (Å²) in [6.45, 7) is 12.2. The van der Waals surface area contributed by atoms with Crippen molar-refractivity contribution in [2.24, 2.45) is 0 Å². The number of rotatable bonds is 8. The van der Waals surface area contributed by atoms with E-state index in [1.807, 2.05) is 66.7 Å². The third-order valence-corrected chi connectivity index (χ3v) is 12.2. The van der Waals surface area contributed by atoms with Crippen LogP contribution in [0.15, 0.2) is 91.0 Å². The average Bonchev–Trinajstić information content (AvgIpc) is 3.28. The van der Waals surface area contributed by atoms with Crippen molar-refractivity contribution >= 4 is 24.7 Å². The molecule has 7 heteroatoms. The summed E-state index contributed by atoms with van der Waals surface area (Å²) in [6, 6.07) is 30.6. The number of hydrogen-bond acceptors (Lipinski definition) is 6. The van der Waals surface area contributed by atoms with E-state index in [0.29, 0.717) is 0 Å². The molecule has 1 unspecified atom stereocenters. The summed E-state index contributed by atoms with van der Waals surface area (Å²) in [4.78, 5) is 11.9. The SMILES string of the molecule is CCOC(=O)C#CC(O)[C@H]1OC(C)(C)O[C@@H]1[C@H](O[Si](c1ccccc1)(c1ccccc1)C(C)(C)C)c1ccccc1. The molecule has 4 atom stereocenters. The van der Waals surface area contributed by atoms with Crippen LogP contribution in [0.25, 0.3) is 0 Å². The molecule has 3 aromatic carbocycles. The topological polar surface area (TPSA) is 74.2 Å². The summed E-state index contributed by atoms with van der Waals surface area (Å²) in [5.41, 5.74) is 0.891. The lowest BCUT2D eigenvalue weighted by atomic mass is 9.97. The van der Waals surface area contributed by atoms with Crippen LogP contribution in [0.5, 0.6) is 0 Å². The smallest absolute Gasteiger partial charge is 0.384 e. The first-order valence-corrected chi connectivity index (χ1v) is 15.9. The van der Waals surface area contributed by atoms with Crippen LogP contribution in [-0.4, -0.2) is 50.1 Å². The van der Waals surface area contributed by atoms with Gasteiger partial charge >= 0.3 is 5.97 Å². The number of aliphatic hydroxyl groups excluding tert-OH is 1. The lowest BCUT2D eigenvalue weighted by molar-refractivity contribution is -0.158. The van der Waals surface area contributed by atoms with E-state index in [1.165, 1.54) is 0 Å². The van der Waals surface area contributed by atoms with E-state index in [9.17, 15) is 9.90 Å². The molecule has 1 fully saturated rings. The number of benzene rings is 3. The fourth-order valence-corrected chi connectivity index (χ4v) is 10.2. The molecule has 1 aliphatic rings. The van der Waals surface area contributed by atoms with Crippen LogP contribution in [0.4, 0.5) is 0 Å². The van der Waals surface area contributed by atoms with Gasteiger partial charge in [0.15, 0.2) is 5.79 Å². The van der Waals surface area contributed by atoms with Gasteiger partial charge in [-0.15, -0.1) is 0 Å². The molecule has 0 radical (unpaired) electrons. The fourth-order valence-electron chi connectivity index (χ4n) is 5.53. The second-order valence-electron chi connectivity index (χ2n) is 11.6. The van der Waals surface area contributed by atoms with Crippen molar-refractivity contribution in [3.05, 3.63) is 96.6 Å². The summed E-state index contributed by atoms with van der Waals surface area (Å²) in [6.07, 6.45) is -3.58. The minimum absolute atomic E-state index is 0.199. The van der Waals surface area contributed by atoms with Gasteiger partial charge in [-0.05, 0) is 41.7 Å². The molecular formula is C34H40O6Si. The van der Waals surface area contributed by atoms with Crippen molar-refractivity contribution in [2.45, 2.75) is 76.8 Å². The van der Waals surface area contributed by atoms with Crippen LogP contribution in [-0.2, 0) is 23.4 Å². The molecule has 0 aromatic heterocycles. The van der Waals surface area contributed by atoms with Crippen molar-refractivity contribution in [1.29, 1.82) is 0 Å². The third kappa shape index (κ3) is 6.80. The molecule has 0 bridgehead atoms. The molecule has 3 aromatic rings. The van der Waals surface area contributed by atoms with Crippen LogP contribution < -0.4 is 10.4 Å². The van der Waals surface area contributed by atoms with E-state index >= 15 is 0 Å². The molecular weight excluding hydrogens is 532 g/mol. The molecule has 6 nitrogen and oxygen atoms in total. The summed E-state index contributed by atoms with van der Waals surface area (Å²) < 4.78 is 25.2. The summed E-state index contributed by atoms with van der Waals surface area (Å²) >= 11 is 0. The van der Waals surface area contributed by atoms with Crippen molar-refractivity contribution in [3.63, 3.8) is 0 Å². The summed E-state index contributed by atoms with van der Waals surface area (Å²) in [5.74, 6) is 3.28. The molecule has 0 aliphatic carbocycles. The molecule has 0 spiro atoms. The van der Waals surface area contributed by atoms with Gasteiger partial charge in [0.25, 0.3) is 8.32 Å². The number of ether oxygens (including phenoxy) is 3. The molecule has 41 heavy (non-hydrogen) atoms. The maximum atomic E-state index is 11.9. The van der Waals surface area contributed by atoms with Crippen LogP contribution in [0.3, 0.4) is 0 Å². The Labute approximate surface area is 244 Å². The number of esters is 1. The maximum Gasteiger partial charge on any atom is 0.384 e. The zero-order chi connectivity index (χ0) is 29.7. The normalized spacial score (nSPS) is 20.0. The van der Waals surface area contributed by atoms with E-state index in [-0.39, 0.29) is 11.6 Å². The molecule has 0 saturated carbocycles. The number of carbonyl (C=O) groups excluding carboxylic acids is 1. The van der Waals surface area contributed by atoms with Crippen molar-refractivity contribution in [2.75, 3.05) is 6.61 Å². The number of hydrogen-bond donors (Lipinski definition) is 1. The van der Waals surface area contributed by atoms with Gasteiger partial charge in [-0.2, -0.15) is 0 Å². The van der Waals surface area contributed by atoms with Gasteiger partial charge in [-0.1, -0.05) is 118 Å². The Morgan fingerprint density at radius 2 is 1.39 bits per heavy atom. The first kappa shape index (κ1) is 30.7. The Morgan fingerprint density at radius 3 is 1.88 bits per heavy atom. The number of carbonyl (C=O) groups is 1. The van der Waals surface area contributed by atoms with Gasteiger partial charge in [-0.25, -0.2) is 4.79 Å². The van der Waals surface area contributed by atoms with Crippen LogP contribution in [0.2, 0.25) is 5.04 Å². The third-order valence-electron chi connectivity index (χ3n) is 7.22. The van der Waals surface area contributed by atoms with Crippen molar-refractivity contribution in [3.8, 4) is 11.8 Å². The first-order chi connectivity index (χ1) is 19.5. The Morgan fingerprint density at radius 1 is 0.902 bits per heavy atom. The van der Waals surface area contributed by atoms with Gasteiger partial charge in [-0.3, -0.25) is 0 Å². The van der Waals surface area contributed by atoms with Gasteiger partial charge in [0.1, 0.15) is 24.4 Å². The predicted molar refractivity (Wildman–Crippen MR) is 162 cm³/mol. The Hall–Kier alpha value is -3.25. The largest absolute Gasteiger partial charge is 0.456 e. The molecule has 216 valence electrons. The minimum Gasteiger partial charge on any atom is -0.456 e. The number of aliphatic hydroxyl groups is 1. The molecule has 4 rings (SSSR count). The standard InChI is InChI=1S/C34H40O6Si/c1-7-37-29(36)24-23-28(35)31-32(39-34(5,6)38-31)30(25-17-11-8-12-18-25)40-41(33(2,3)4,26-19-13-9-14-20-26)27-21-15-10-16-22-27/h8-22,28,30-32,35H,7H2,1-6H3/t28?,30-,31-,32-/m1/s1. The van der Waals surface area contributed by atoms with Gasteiger partial charge < -0.3 is 23.7 Å². The van der Waals surface area contributed by atoms with E-state index in [4.69, 9.17) is 18.6 Å². The lowest BCUT2D eigenvalue weighted by Crippen LogP contribution is -2.67. The lowest BCUT2D eigenvalue weighted by Gasteiger charge is -2.46. The quantitative estimate of drug-likeness (QED) is 0.182. The molecule has 1 saturated heterocycles. The predicted octanol–water partition coefficient (Wildman–Crippen LogP) is 4.75. The van der Waals surface area contributed by atoms with E-state index in [2.05, 4.69) is 56.9 Å². The van der Waals surface area contributed by atoms with Gasteiger partial charge in [0, 0.05) is 5.92 Å². The highest BCUT2D eigenvalue weighted by molar-refractivity contribution is 6.99. The first-order valence-electron chi connectivity index (χ1n) is 14.0. The molecule has 1 heterocycles. The molecule has 0 amide bonds. The van der Waals surface area contributed by atoms with Crippen molar-refractivity contribution in [1.82, 2.24) is 0 Å². The van der Waals surface area contributed by atoms with E-state index in [1.54, 1.807) is 20.8 Å².